The predicted molar refractivity (Wildman–Crippen MR) is 88.4 cm³/mol. The lowest BCUT2D eigenvalue weighted by molar-refractivity contribution is 0.102. The summed E-state index contributed by atoms with van der Waals surface area (Å²) in [6.07, 6.45) is 1.44. The highest BCUT2D eigenvalue weighted by Gasteiger charge is 2.12. The Labute approximate surface area is 135 Å². The first-order valence-corrected chi connectivity index (χ1v) is 7.23. The molecular formula is C16H14N4O4. The van der Waals surface area contributed by atoms with Crippen LogP contribution in [-0.4, -0.2) is 25.5 Å². The SMILES string of the molecule is CCn1c(=O)c(=O)[nH]c2cc(C(=O)Nc3ncccc3O)ccc21. The minimum atomic E-state index is -0.746. The van der Waals surface area contributed by atoms with Crippen molar-refractivity contribution in [3.8, 4) is 5.75 Å². The molecule has 8 nitrogen and oxygen atoms in total. The molecule has 0 unspecified atom stereocenters. The van der Waals surface area contributed by atoms with Gasteiger partial charge in [-0.25, -0.2) is 4.98 Å². The van der Waals surface area contributed by atoms with E-state index in [1.807, 2.05) is 0 Å². The molecule has 3 rings (SSSR count). The molecule has 0 radical (unpaired) electrons. The molecule has 0 saturated heterocycles. The van der Waals surface area contributed by atoms with Gasteiger partial charge in [-0.15, -0.1) is 0 Å². The molecule has 2 aromatic heterocycles. The van der Waals surface area contributed by atoms with Crippen molar-refractivity contribution < 1.29 is 9.90 Å². The first-order valence-electron chi connectivity index (χ1n) is 7.23. The minimum absolute atomic E-state index is 0.0367. The second kappa shape index (κ2) is 5.99. The molecule has 2 heterocycles. The number of hydrogen-bond acceptors (Lipinski definition) is 5. The van der Waals surface area contributed by atoms with E-state index < -0.39 is 17.0 Å². The van der Waals surface area contributed by atoms with Crippen LogP contribution in [-0.2, 0) is 6.54 Å². The maximum Gasteiger partial charge on any atom is 0.316 e. The number of fused-ring (bicyclic) bond motifs is 1. The molecule has 0 spiro atoms. The molecular weight excluding hydrogens is 312 g/mol. The number of aromatic hydroxyl groups is 1. The molecule has 0 saturated carbocycles. The Balaban J connectivity index is 2.04. The number of rotatable bonds is 3. The van der Waals surface area contributed by atoms with Crippen LogP contribution in [0.3, 0.4) is 0 Å². The number of nitrogens with one attached hydrogen (secondary N) is 2. The van der Waals surface area contributed by atoms with Crippen molar-refractivity contribution in [2.45, 2.75) is 13.5 Å². The summed E-state index contributed by atoms with van der Waals surface area (Å²) in [5.74, 6) is -0.615. The number of carbonyl (C=O) groups excluding carboxylic acids is 1. The molecule has 0 bridgehead atoms. The quantitative estimate of drug-likeness (QED) is 0.622. The lowest BCUT2D eigenvalue weighted by atomic mass is 10.1. The van der Waals surface area contributed by atoms with Crippen molar-refractivity contribution in [1.82, 2.24) is 14.5 Å². The largest absolute Gasteiger partial charge is 0.504 e. The third-order valence-corrected chi connectivity index (χ3v) is 3.57. The topological polar surface area (TPSA) is 117 Å². The fourth-order valence-electron chi connectivity index (χ4n) is 2.41. The zero-order chi connectivity index (χ0) is 17.3. The van der Waals surface area contributed by atoms with E-state index in [0.29, 0.717) is 17.6 Å². The van der Waals surface area contributed by atoms with Gasteiger partial charge in [0.15, 0.2) is 11.6 Å². The predicted octanol–water partition coefficient (Wildman–Crippen LogP) is 1.06. The molecule has 3 aromatic rings. The lowest BCUT2D eigenvalue weighted by Gasteiger charge is -2.09. The summed E-state index contributed by atoms with van der Waals surface area (Å²) in [5, 5.41) is 12.1. The van der Waals surface area contributed by atoms with Crippen LogP contribution in [0.1, 0.15) is 17.3 Å². The first kappa shape index (κ1) is 15.5. The summed E-state index contributed by atoms with van der Waals surface area (Å²) in [7, 11) is 0. The number of aromatic amines is 1. The van der Waals surface area contributed by atoms with E-state index in [4.69, 9.17) is 0 Å². The fourth-order valence-corrected chi connectivity index (χ4v) is 2.41. The van der Waals surface area contributed by atoms with Gasteiger partial charge in [0.05, 0.1) is 11.0 Å². The van der Waals surface area contributed by atoms with Crippen LogP contribution in [0.5, 0.6) is 5.75 Å². The van der Waals surface area contributed by atoms with E-state index in [1.54, 1.807) is 13.0 Å². The number of hydrogen-bond donors (Lipinski definition) is 3. The molecule has 24 heavy (non-hydrogen) atoms. The molecule has 3 N–H and O–H groups in total. The highest BCUT2D eigenvalue weighted by Crippen LogP contribution is 2.20. The van der Waals surface area contributed by atoms with Crippen molar-refractivity contribution in [2.75, 3.05) is 5.32 Å². The zero-order valence-corrected chi connectivity index (χ0v) is 12.7. The fraction of sp³-hybridized carbons (Fsp3) is 0.125. The number of aryl methyl sites for hydroxylation is 1. The molecule has 0 aliphatic carbocycles. The Morgan fingerprint density at radius 3 is 2.83 bits per heavy atom. The van der Waals surface area contributed by atoms with Crippen LogP contribution >= 0.6 is 0 Å². The normalized spacial score (nSPS) is 10.7. The van der Waals surface area contributed by atoms with E-state index in [0.717, 1.165) is 0 Å². The van der Waals surface area contributed by atoms with Crippen LogP contribution < -0.4 is 16.4 Å². The Kier molecular flexibility index (Phi) is 3.87. The van der Waals surface area contributed by atoms with E-state index in [9.17, 15) is 19.5 Å². The van der Waals surface area contributed by atoms with Gasteiger partial charge in [-0.1, -0.05) is 0 Å². The van der Waals surface area contributed by atoms with Crippen molar-refractivity contribution in [2.24, 2.45) is 0 Å². The third kappa shape index (κ3) is 2.65. The van der Waals surface area contributed by atoms with Gasteiger partial charge in [-0.2, -0.15) is 0 Å². The minimum Gasteiger partial charge on any atom is -0.504 e. The molecule has 0 atom stereocenters. The zero-order valence-electron chi connectivity index (χ0n) is 12.7. The van der Waals surface area contributed by atoms with E-state index >= 15 is 0 Å². The average Bonchev–Trinajstić information content (AvgIpc) is 2.57. The molecule has 0 aliphatic rings. The maximum atomic E-state index is 12.3. The Hall–Kier alpha value is -3.42. The smallest absolute Gasteiger partial charge is 0.316 e. The highest BCUT2D eigenvalue weighted by atomic mass is 16.3. The maximum absolute atomic E-state index is 12.3. The van der Waals surface area contributed by atoms with Crippen LogP contribution in [0.2, 0.25) is 0 Å². The molecule has 0 aliphatic heterocycles. The summed E-state index contributed by atoms with van der Waals surface area (Å²) < 4.78 is 1.33. The van der Waals surface area contributed by atoms with Crippen LogP contribution in [0, 0.1) is 0 Å². The Bertz CT molecular complexity index is 1050. The number of H-pyrrole nitrogens is 1. The van der Waals surface area contributed by atoms with E-state index in [-0.39, 0.29) is 17.1 Å². The number of pyridine rings is 1. The molecule has 0 fully saturated rings. The van der Waals surface area contributed by atoms with Crippen LogP contribution in [0.25, 0.3) is 11.0 Å². The number of anilines is 1. The number of carbonyl (C=O) groups is 1. The summed E-state index contributed by atoms with van der Waals surface area (Å²) in [5.41, 5.74) is -0.229. The van der Waals surface area contributed by atoms with Crippen molar-refractivity contribution in [3.05, 3.63) is 62.8 Å². The van der Waals surface area contributed by atoms with Gasteiger partial charge < -0.3 is 20.0 Å². The first-order chi connectivity index (χ1) is 11.5. The molecule has 1 amide bonds. The van der Waals surface area contributed by atoms with Gasteiger partial charge in [0.1, 0.15) is 0 Å². The van der Waals surface area contributed by atoms with Crippen molar-refractivity contribution in [3.63, 3.8) is 0 Å². The van der Waals surface area contributed by atoms with Gasteiger partial charge in [-0.05, 0) is 37.3 Å². The number of nitrogens with zero attached hydrogens (tertiary/aromatic N) is 2. The molecule has 1 aromatic carbocycles. The van der Waals surface area contributed by atoms with Crippen molar-refractivity contribution >= 4 is 22.8 Å². The Morgan fingerprint density at radius 1 is 1.33 bits per heavy atom. The number of amides is 1. The van der Waals surface area contributed by atoms with Crippen molar-refractivity contribution in [1.29, 1.82) is 0 Å². The summed E-state index contributed by atoms with van der Waals surface area (Å²) in [4.78, 5) is 42.1. The molecule has 122 valence electrons. The Morgan fingerprint density at radius 2 is 2.12 bits per heavy atom. The van der Waals surface area contributed by atoms with Gasteiger partial charge in [-0.3, -0.25) is 14.4 Å². The second-order valence-corrected chi connectivity index (χ2v) is 5.06. The van der Waals surface area contributed by atoms with Gasteiger partial charge >= 0.3 is 11.1 Å². The van der Waals surface area contributed by atoms with Crippen LogP contribution in [0.4, 0.5) is 5.82 Å². The van der Waals surface area contributed by atoms with Gasteiger partial charge in [0, 0.05) is 18.3 Å². The standard InChI is InChI=1S/C16H14N4O4/c1-2-20-11-6-5-9(8-10(11)18-15(23)16(20)24)14(22)19-13-12(21)4-3-7-17-13/h3-8,21H,2H2,1H3,(H,18,23)(H,17,19,22). The number of aromatic nitrogens is 3. The second-order valence-electron chi connectivity index (χ2n) is 5.06. The average molecular weight is 326 g/mol. The van der Waals surface area contributed by atoms with Gasteiger partial charge in [0.25, 0.3) is 5.91 Å². The van der Waals surface area contributed by atoms with Gasteiger partial charge in [0.2, 0.25) is 0 Å². The van der Waals surface area contributed by atoms with Crippen LogP contribution in [0.15, 0.2) is 46.1 Å². The van der Waals surface area contributed by atoms with E-state index in [2.05, 4.69) is 15.3 Å². The van der Waals surface area contributed by atoms with E-state index in [1.165, 1.54) is 35.0 Å². The highest BCUT2D eigenvalue weighted by molar-refractivity contribution is 6.06. The summed E-state index contributed by atoms with van der Waals surface area (Å²) >= 11 is 0. The lowest BCUT2D eigenvalue weighted by Crippen LogP contribution is -2.36. The number of benzene rings is 1. The summed E-state index contributed by atoms with van der Waals surface area (Å²) in [6, 6.07) is 7.53. The summed E-state index contributed by atoms with van der Waals surface area (Å²) in [6.45, 7) is 2.09. The monoisotopic (exact) mass is 326 g/mol. The molecule has 8 heteroatoms. The third-order valence-electron chi connectivity index (χ3n) is 3.57.